The smallest absolute Gasteiger partial charge is 0.0979 e. The number of fused-ring (bicyclic) bond motifs is 10. The molecule has 0 N–H and O–H groups in total. The van der Waals surface area contributed by atoms with Crippen LogP contribution in [0.3, 0.4) is 0 Å². The average molecular weight is 541 g/mol. The summed E-state index contributed by atoms with van der Waals surface area (Å²) < 4.78 is 0. The van der Waals surface area contributed by atoms with Crippen molar-refractivity contribution in [3.05, 3.63) is 139 Å². The minimum Gasteiger partial charge on any atom is -0.252 e. The van der Waals surface area contributed by atoms with Crippen molar-refractivity contribution < 1.29 is 0 Å². The number of benzene rings is 6. The molecule has 2 aliphatic rings. The van der Waals surface area contributed by atoms with Crippen LogP contribution in [0.5, 0.6) is 0 Å². The molecule has 0 bridgehead atoms. The first-order chi connectivity index (χ1) is 20.3. The highest BCUT2D eigenvalue weighted by atomic mass is 32.2. The normalized spacial score (nSPS) is 17.5. The van der Waals surface area contributed by atoms with Gasteiger partial charge in [0.1, 0.15) is 0 Å². The van der Waals surface area contributed by atoms with Crippen LogP contribution in [0.1, 0.15) is 11.5 Å². The Morgan fingerprint density at radius 2 is 1.15 bits per heavy atom. The van der Waals surface area contributed by atoms with E-state index in [1.54, 1.807) is 0 Å². The zero-order chi connectivity index (χ0) is 26.9. The molecular weight excluding hydrogens is 516 g/mol. The molecule has 0 radical (unpaired) electrons. The third-order valence-corrected chi connectivity index (χ3v) is 10.1. The molecule has 2 atom stereocenters. The Bertz CT molecular complexity index is 2230. The second kappa shape index (κ2) is 8.89. The predicted octanol–water partition coefficient (Wildman–Crippen LogP) is 10.1. The summed E-state index contributed by atoms with van der Waals surface area (Å²) in [4.78, 5) is 11.7. The summed E-state index contributed by atoms with van der Waals surface area (Å²) >= 11 is 1.99. The topological polar surface area (TPSA) is 25.8 Å². The zero-order valence-electron chi connectivity index (χ0n) is 22.2. The van der Waals surface area contributed by atoms with E-state index in [0.717, 1.165) is 33.1 Å². The minimum absolute atomic E-state index is 0.448. The number of allylic oxidation sites excluding steroid dienone is 3. The van der Waals surface area contributed by atoms with Crippen molar-refractivity contribution >= 4 is 55.1 Å². The van der Waals surface area contributed by atoms with Gasteiger partial charge in [-0.05, 0) is 38.2 Å². The molecule has 0 spiro atoms. The van der Waals surface area contributed by atoms with Gasteiger partial charge in [0, 0.05) is 32.4 Å². The predicted molar refractivity (Wildman–Crippen MR) is 174 cm³/mol. The van der Waals surface area contributed by atoms with Crippen LogP contribution in [0.15, 0.2) is 139 Å². The molecule has 3 heteroatoms. The average Bonchev–Trinajstić information content (AvgIpc) is 3.43. The first-order valence-corrected chi connectivity index (χ1v) is 15.0. The van der Waals surface area contributed by atoms with Gasteiger partial charge in [0.05, 0.1) is 22.9 Å². The summed E-state index contributed by atoms with van der Waals surface area (Å²) in [5.74, 6) is 0.448. The maximum Gasteiger partial charge on any atom is 0.0979 e. The molecular formula is C38H24N2S. The van der Waals surface area contributed by atoms with E-state index < -0.39 is 0 Å². The van der Waals surface area contributed by atoms with Gasteiger partial charge in [0.15, 0.2) is 0 Å². The van der Waals surface area contributed by atoms with Crippen LogP contribution in [-0.2, 0) is 0 Å². The van der Waals surface area contributed by atoms with Crippen LogP contribution in [0.2, 0.25) is 0 Å². The molecule has 0 saturated heterocycles. The lowest BCUT2D eigenvalue weighted by atomic mass is 9.88. The second-order valence-corrected chi connectivity index (χ2v) is 12.0. The molecule has 7 aromatic rings. The van der Waals surface area contributed by atoms with Crippen molar-refractivity contribution in [3.63, 3.8) is 0 Å². The number of hydrogen-bond acceptors (Lipinski definition) is 3. The van der Waals surface area contributed by atoms with Crippen LogP contribution in [-0.4, -0.2) is 15.2 Å². The van der Waals surface area contributed by atoms with Gasteiger partial charge < -0.3 is 0 Å². The monoisotopic (exact) mass is 540 g/mol. The SMILES string of the molecule is C1=CC2Sc3c(-c4ccc(-c5cnc6c7ccccc7c7ccccc7c6n5)c5ccccc45)cccc3C2C=C1. The van der Waals surface area contributed by atoms with Gasteiger partial charge in [-0.1, -0.05) is 127 Å². The first kappa shape index (κ1) is 23.0. The lowest BCUT2D eigenvalue weighted by Crippen LogP contribution is -2.06. The van der Waals surface area contributed by atoms with Crippen LogP contribution < -0.4 is 0 Å². The summed E-state index contributed by atoms with van der Waals surface area (Å²) in [6.45, 7) is 0. The number of rotatable bonds is 2. The number of aromatic nitrogens is 2. The van der Waals surface area contributed by atoms with E-state index >= 15 is 0 Å². The summed E-state index contributed by atoms with van der Waals surface area (Å²) in [5.41, 5.74) is 7.92. The highest BCUT2D eigenvalue weighted by molar-refractivity contribution is 8.00. The summed E-state index contributed by atoms with van der Waals surface area (Å²) in [6, 6.07) is 37.1. The highest BCUT2D eigenvalue weighted by Crippen LogP contribution is 2.52. The maximum absolute atomic E-state index is 5.30. The third-order valence-electron chi connectivity index (χ3n) is 8.66. The fourth-order valence-electron chi connectivity index (χ4n) is 6.79. The first-order valence-electron chi connectivity index (χ1n) is 14.1. The molecule has 9 rings (SSSR count). The molecule has 192 valence electrons. The van der Waals surface area contributed by atoms with Crippen LogP contribution in [0, 0.1) is 0 Å². The molecule has 0 saturated carbocycles. The molecule has 1 aliphatic heterocycles. The van der Waals surface area contributed by atoms with E-state index in [0.29, 0.717) is 11.2 Å². The molecule has 1 aliphatic carbocycles. The number of nitrogens with zero attached hydrogens (tertiary/aromatic N) is 2. The lowest BCUT2D eigenvalue weighted by molar-refractivity contribution is 0.881. The molecule has 0 amide bonds. The standard InChI is InChI=1S/C38H24N2S/c1-2-11-24-23(10-1)27(32-17-9-18-33-29-14-7-8-19-35(29)41-38(32)33)20-21-28(24)34-22-39-36-30-15-5-3-12-25(30)26-13-4-6-16-31(26)37(36)40-34/h1-22,29,35H. The summed E-state index contributed by atoms with van der Waals surface area (Å²) in [7, 11) is 0. The zero-order valence-corrected chi connectivity index (χ0v) is 23.0. The quantitative estimate of drug-likeness (QED) is 0.204. The minimum atomic E-state index is 0.448. The number of thioether (sulfide) groups is 1. The van der Waals surface area contributed by atoms with E-state index in [-0.39, 0.29) is 0 Å². The van der Waals surface area contributed by atoms with E-state index in [1.807, 2.05) is 18.0 Å². The van der Waals surface area contributed by atoms with Crippen LogP contribution in [0.25, 0.3) is 65.7 Å². The Morgan fingerprint density at radius 1 is 0.512 bits per heavy atom. The maximum atomic E-state index is 5.30. The van der Waals surface area contributed by atoms with Crippen molar-refractivity contribution in [2.45, 2.75) is 16.1 Å². The Balaban J connectivity index is 1.26. The van der Waals surface area contributed by atoms with Gasteiger partial charge in [-0.15, -0.1) is 11.8 Å². The summed E-state index contributed by atoms with van der Waals surface area (Å²) in [5, 5.41) is 7.61. The third kappa shape index (κ3) is 3.39. The molecule has 41 heavy (non-hydrogen) atoms. The van der Waals surface area contributed by atoms with Gasteiger partial charge in [-0.25, -0.2) is 4.98 Å². The Labute approximate surface area is 242 Å². The Morgan fingerprint density at radius 3 is 1.93 bits per heavy atom. The Hall–Kier alpha value is -4.73. The van der Waals surface area contributed by atoms with Crippen LogP contribution in [0.4, 0.5) is 0 Å². The van der Waals surface area contributed by atoms with E-state index in [9.17, 15) is 0 Å². The molecule has 2 nitrogen and oxygen atoms in total. The molecule has 2 unspecified atom stereocenters. The van der Waals surface area contributed by atoms with E-state index in [4.69, 9.17) is 9.97 Å². The van der Waals surface area contributed by atoms with Crippen molar-refractivity contribution in [3.8, 4) is 22.4 Å². The van der Waals surface area contributed by atoms with Gasteiger partial charge in [0.2, 0.25) is 0 Å². The molecule has 2 heterocycles. The van der Waals surface area contributed by atoms with Crippen molar-refractivity contribution in [1.29, 1.82) is 0 Å². The van der Waals surface area contributed by atoms with Gasteiger partial charge in [-0.3, -0.25) is 4.98 Å². The number of hydrogen-bond donors (Lipinski definition) is 0. The Kier molecular flexibility index (Phi) is 4.99. The lowest BCUT2D eigenvalue weighted by Gasteiger charge is -2.15. The highest BCUT2D eigenvalue weighted by Gasteiger charge is 2.33. The fourth-order valence-corrected chi connectivity index (χ4v) is 8.26. The van der Waals surface area contributed by atoms with E-state index in [1.165, 1.54) is 43.1 Å². The van der Waals surface area contributed by atoms with Crippen molar-refractivity contribution in [2.75, 3.05) is 0 Å². The fraction of sp³-hybridized carbons (Fsp3) is 0.0526. The van der Waals surface area contributed by atoms with Gasteiger partial charge in [0.25, 0.3) is 0 Å². The van der Waals surface area contributed by atoms with Crippen LogP contribution >= 0.6 is 11.8 Å². The molecule has 1 aromatic heterocycles. The largest absolute Gasteiger partial charge is 0.252 e. The summed E-state index contributed by atoms with van der Waals surface area (Å²) in [6.07, 6.45) is 11.0. The van der Waals surface area contributed by atoms with Crippen molar-refractivity contribution in [2.24, 2.45) is 0 Å². The molecule has 0 fully saturated rings. The van der Waals surface area contributed by atoms with Gasteiger partial charge in [-0.2, -0.15) is 0 Å². The van der Waals surface area contributed by atoms with Crippen molar-refractivity contribution in [1.82, 2.24) is 9.97 Å². The molecule has 6 aromatic carbocycles. The second-order valence-electron chi connectivity index (χ2n) is 10.9. The van der Waals surface area contributed by atoms with Gasteiger partial charge >= 0.3 is 0 Å². The van der Waals surface area contributed by atoms with E-state index in [2.05, 4.69) is 127 Å².